The van der Waals surface area contributed by atoms with E-state index in [2.05, 4.69) is 17.2 Å². The largest absolute Gasteiger partial charge is 0.288 e. The molecule has 2 aromatic heterocycles. The van der Waals surface area contributed by atoms with E-state index in [1.54, 1.807) is 6.08 Å². The molecule has 0 aliphatic heterocycles. The molecule has 0 radical (unpaired) electrons. The van der Waals surface area contributed by atoms with Gasteiger partial charge in [0.15, 0.2) is 5.78 Å². The van der Waals surface area contributed by atoms with Crippen LogP contribution in [0.3, 0.4) is 0 Å². The van der Waals surface area contributed by atoms with Crippen LogP contribution in [-0.4, -0.2) is 15.6 Å². The van der Waals surface area contributed by atoms with Crippen molar-refractivity contribution in [3.05, 3.63) is 81.3 Å². The molecule has 0 saturated carbocycles. The Bertz CT molecular complexity index is 830. The molecule has 0 fully saturated rings. The van der Waals surface area contributed by atoms with Gasteiger partial charge in [0.2, 0.25) is 0 Å². The molecule has 1 aromatic carbocycles. The molecule has 23 heavy (non-hydrogen) atoms. The average Bonchev–Trinajstić information content (AvgIpc) is 3.17. The van der Waals surface area contributed by atoms with E-state index in [4.69, 9.17) is 0 Å². The molecule has 0 unspecified atom stereocenters. The lowest BCUT2D eigenvalue weighted by molar-refractivity contribution is 0.105. The molecule has 116 valence electrons. The van der Waals surface area contributed by atoms with Crippen LogP contribution in [0.5, 0.6) is 0 Å². The second-order valence-corrected chi connectivity index (χ2v) is 6.35. The molecule has 0 N–H and O–H groups in total. The van der Waals surface area contributed by atoms with E-state index in [0.29, 0.717) is 0 Å². The number of nitrogens with zero attached hydrogens (tertiary/aromatic N) is 2. The highest BCUT2D eigenvalue weighted by Crippen LogP contribution is 2.18. The van der Waals surface area contributed by atoms with Crippen molar-refractivity contribution >= 4 is 23.2 Å². The molecule has 0 spiro atoms. The monoisotopic (exact) mass is 322 g/mol. The number of thiophene rings is 1. The van der Waals surface area contributed by atoms with Crippen molar-refractivity contribution in [2.24, 2.45) is 0 Å². The van der Waals surface area contributed by atoms with Crippen molar-refractivity contribution in [3.63, 3.8) is 0 Å². The fourth-order valence-electron chi connectivity index (χ4n) is 2.52. The lowest BCUT2D eigenvalue weighted by Crippen LogP contribution is -2.03. The van der Waals surface area contributed by atoms with Crippen molar-refractivity contribution in [2.75, 3.05) is 0 Å². The maximum atomic E-state index is 12.1. The Morgan fingerprint density at radius 2 is 1.96 bits per heavy atom. The average molecular weight is 322 g/mol. The zero-order valence-electron chi connectivity index (χ0n) is 13.2. The Hall–Kier alpha value is -2.46. The van der Waals surface area contributed by atoms with Crippen LogP contribution in [0, 0.1) is 13.8 Å². The number of hydrogen-bond donors (Lipinski definition) is 0. The molecule has 0 aliphatic rings. The number of rotatable bonds is 5. The number of hydrogen-bond acceptors (Lipinski definition) is 3. The maximum absolute atomic E-state index is 12.1. The maximum Gasteiger partial charge on any atom is 0.195 e. The van der Waals surface area contributed by atoms with Crippen LogP contribution in [0.25, 0.3) is 6.08 Å². The minimum absolute atomic E-state index is 0.0367. The molecule has 3 aromatic rings. The topological polar surface area (TPSA) is 34.9 Å². The zero-order valence-corrected chi connectivity index (χ0v) is 14.0. The van der Waals surface area contributed by atoms with Gasteiger partial charge in [0.1, 0.15) is 0 Å². The van der Waals surface area contributed by atoms with Gasteiger partial charge in [-0.1, -0.05) is 36.4 Å². The van der Waals surface area contributed by atoms with Gasteiger partial charge in [-0.3, -0.25) is 9.48 Å². The Balaban J connectivity index is 1.82. The first kappa shape index (κ1) is 15.4. The first-order valence-corrected chi connectivity index (χ1v) is 8.37. The molecule has 2 heterocycles. The summed E-state index contributed by atoms with van der Waals surface area (Å²) in [6.07, 6.45) is 3.51. The van der Waals surface area contributed by atoms with Crippen molar-refractivity contribution in [1.82, 2.24) is 9.78 Å². The highest BCUT2D eigenvalue weighted by molar-refractivity contribution is 7.12. The minimum Gasteiger partial charge on any atom is -0.288 e. The normalized spacial score (nSPS) is 11.2. The first-order valence-electron chi connectivity index (χ1n) is 7.49. The number of ketones is 1. The standard InChI is InChI=1S/C19H18N2OS/c1-14-17(10-11-18(22)19-9-6-12-23-19)15(2)21(20-14)13-16-7-4-3-5-8-16/h3-12H,13H2,1-2H3/b11-10+. The number of carbonyl (C=O) groups is 1. The SMILES string of the molecule is Cc1nn(Cc2ccccc2)c(C)c1/C=C/C(=O)c1cccs1. The number of aryl methyl sites for hydroxylation is 1. The summed E-state index contributed by atoms with van der Waals surface area (Å²) in [6, 6.07) is 14.0. The summed E-state index contributed by atoms with van der Waals surface area (Å²) in [5.41, 5.74) is 4.24. The summed E-state index contributed by atoms with van der Waals surface area (Å²) in [7, 11) is 0. The van der Waals surface area contributed by atoms with Gasteiger partial charge in [0, 0.05) is 11.3 Å². The first-order chi connectivity index (χ1) is 11.1. The molecule has 4 heteroatoms. The summed E-state index contributed by atoms with van der Waals surface area (Å²) in [5, 5.41) is 6.52. The predicted octanol–water partition coefficient (Wildman–Crippen LogP) is 4.51. The fourth-order valence-corrected chi connectivity index (χ4v) is 3.17. The highest BCUT2D eigenvalue weighted by Gasteiger charge is 2.10. The third-order valence-electron chi connectivity index (χ3n) is 3.78. The van der Waals surface area contributed by atoms with Crippen molar-refractivity contribution in [1.29, 1.82) is 0 Å². The molecular formula is C19H18N2OS. The van der Waals surface area contributed by atoms with Gasteiger partial charge in [-0.2, -0.15) is 5.10 Å². The van der Waals surface area contributed by atoms with Gasteiger partial charge in [-0.15, -0.1) is 11.3 Å². The van der Waals surface area contributed by atoms with Gasteiger partial charge in [0.05, 0.1) is 17.1 Å². The van der Waals surface area contributed by atoms with Crippen LogP contribution in [-0.2, 0) is 6.54 Å². The summed E-state index contributed by atoms with van der Waals surface area (Å²) < 4.78 is 1.99. The minimum atomic E-state index is 0.0367. The molecule has 3 rings (SSSR count). The Labute approximate surface area is 139 Å². The van der Waals surface area contributed by atoms with Gasteiger partial charge < -0.3 is 0 Å². The smallest absolute Gasteiger partial charge is 0.195 e. The lowest BCUT2D eigenvalue weighted by atomic mass is 10.1. The summed E-state index contributed by atoms with van der Waals surface area (Å²) in [6.45, 7) is 4.75. The summed E-state index contributed by atoms with van der Waals surface area (Å²) in [5.74, 6) is 0.0367. The number of allylic oxidation sites excluding steroid dienone is 1. The van der Waals surface area contributed by atoms with Crippen LogP contribution >= 0.6 is 11.3 Å². The third kappa shape index (κ3) is 3.48. The molecule has 0 amide bonds. The van der Waals surface area contributed by atoms with Gasteiger partial charge in [0.25, 0.3) is 0 Å². The quantitative estimate of drug-likeness (QED) is 0.512. The predicted molar refractivity (Wildman–Crippen MR) is 94.9 cm³/mol. The molecule has 0 atom stereocenters. The van der Waals surface area contributed by atoms with Crippen molar-refractivity contribution in [3.8, 4) is 0 Å². The van der Waals surface area contributed by atoms with E-state index in [1.807, 2.05) is 60.3 Å². The molecular weight excluding hydrogens is 304 g/mol. The zero-order chi connectivity index (χ0) is 16.2. The van der Waals surface area contributed by atoms with Gasteiger partial charge >= 0.3 is 0 Å². The number of carbonyl (C=O) groups excluding carboxylic acids is 1. The summed E-state index contributed by atoms with van der Waals surface area (Å²) in [4.78, 5) is 12.9. The van der Waals surface area contributed by atoms with E-state index in [-0.39, 0.29) is 5.78 Å². The van der Waals surface area contributed by atoms with E-state index < -0.39 is 0 Å². The third-order valence-corrected chi connectivity index (χ3v) is 4.66. The summed E-state index contributed by atoms with van der Waals surface area (Å²) >= 11 is 1.46. The van der Waals surface area contributed by atoms with Crippen molar-refractivity contribution in [2.45, 2.75) is 20.4 Å². The van der Waals surface area contributed by atoms with Crippen LogP contribution < -0.4 is 0 Å². The van der Waals surface area contributed by atoms with Crippen LogP contribution in [0.2, 0.25) is 0 Å². The molecule has 0 aliphatic carbocycles. The van der Waals surface area contributed by atoms with E-state index in [9.17, 15) is 4.79 Å². The molecule has 0 bridgehead atoms. The van der Waals surface area contributed by atoms with E-state index in [1.165, 1.54) is 16.9 Å². The Morgan fingerprint density at radius 3 is 2.65 bits per heavy atom. The van der Waals surface area contributed by atoms with Crippen molar-refractivity contribution < 1.29 is 4.79 Å². The Morgan fingerprint density at radius 1 is 1.17 bits per heavy atom. The fraction of sp³-hybridized carbons (Fsp3) is 0.158. The van der Waals surface area contributed by atoms with Crippen LogP contribution in [0.15, 0.2) is 53.9 Å². The highest BCUT2D eigenvalue weighted by atomic mass is 32.1. The van der Waals surface area contributed by atoms with Crippen LogP contribution in [0.4, 0.5) is 0 Å². The second-order valence-electron chi connectivity index (χ2n) is 5.40. The van der Waals surface area contributed by atoms with Gasteiger partial charge in [-0.05, 0) is 43.0 Å². The second kappa shape index (κ2) is 6.75. The number of benzene rings is 1. The molecule has 3 nitrogen and oxygen atoms in total. The van der Waals surface area contributed by atoms with Gasteiger partial charge in [-0.25, -0.2) is 0 Å². The number of aromatic nitrogens is 2. The van der Waals surface area contributed by atoms with E-state index in [0.717, 1.165) is 28.4 Å². The molecule has 0 saturated heterocycles. The lowest BCUT2D eigenvalue weighted by Gasteiger charge is -2.04. The Kier molecular flexibility index (Phi) is 4.53. The van der Waals surface area contributed by atoms with E-state index >= 15 is 0 Å². The van der Waals surface area contributed by atoms with Crippen LogP contribution in [0.1, 0.15) is 32.2 Å².